The summed E-state index contributed by atoms with van der Waals surface area (Å²) in [5.41, 5.74) is 1.10. The Morgan fingerprint density at radius 2 is 2.17 bits per heavy atom. The molecule has 0 saturated carbocycles. The molecule has 94 valence electrons. The van der Waals surface area contributed by atoms with Crippen LogP contribution in [0, 0.1) is 11.3 Å². The molecule has 0 atom stereocenters. The molecule has 0 heterocycles. The molecule has 6 heteroatoms. The van der Waals surface area contributed by atoms with Crippen molar-refractivity contribution in [1.29, 1.82) is 5.26 Å². The van der Waals surface area contributed by atoms with Crippen LogP contribution in [0.2, 0.25) is 0 Å². The van der Waals surface area contributed by atoms with Crippen molar-refractivity contribution in [3.63, 3.8) is 0 Å². The Kier molecular flexibility index (Phi) is 5.21. The normalized spacial score (nSPS) is 9.56. The van der Waals surface area contributed by atoms with E-state index in [4.69, 9.17) is 10.4 Å². The van der Waals surface area contributed by atoms with E-state index in [1.54, 1.807) is 31.3 Å². The Morgan fingerprint density at radius 3 is 2.78 bits per heavy atom. The number of carbonyl (C=O) groups excluding carboxylic acids is 1. The first kappa shape index (κ1) is 14.1. The molecule has 0 aliphatic carbocycles. The van der Waals surface area contributed by atoms with Crippen LogP contribution in [-0.2, 0) is 9.59 Å². The molecule has 1 amide bonds. The highest BCUT2D eigenvalue weighted by atomic mass is 32.2. The van der Waals surface area contributed by atoms with E-state index in [-0.39, 0.29) is 17.4 Å². The summed E-state index contributed by atoms with van der Waals surface area (Å²) in [6.07, 6.45) is 0. The molecule has 0 saturated heterocycles. The molecule has 0 spiro atoms. The standard InChI is InChI=1S/C12H12N2O3S/c1-14(11(15)7-18-8-12(16)17)10-4-2-3-9(5-10)6-13/h2-5H,7-8H2,1H3,(H,16,17). The Balaban J connectivity index is 2.63. The van der Waals surface area contributed by atoms with Crippen LogP contribution in [0.5, 0.6) is 0 Å². The molecule has 0 unspecified atom stereocenters. The van der Waals surface area contributed by atoms with Gasteiger partial charge in [-0.2, -0.15) is 5.26 Å². The van der Waals surface area contributed by atoms with E-state index in [0.717, 1.165) is 11.8 Å². The molecule has 0 aliphatic heterocycles. The van der Waals surface area contributed by atoms with E-state index < -0.39 is 5.97 Å². The van der Waals surface area contributed by atoms with E-state index in [1.165, 1.54) is 4.90 Å². The first-order valence-electron chi connectivity index (χ1n) is 5.11. The summed E-state index contributed by atoms with van der Waals surface area (Å²) in [4.78, 5) is 23.5. The molecule has 0 aromatic heterocycles. The van der Waals surface area contributed by atoms with E-state index in [2.05, 4.69) is 0 Å². The number of hydrogen-bond acceptors (Lipinski definition) is 4. The van der Waals surface area contributed by atoms with E-state index in [0.29, 0.717) is 11.3 Å². The van der Waals surface area contributed by atoms with Crippen LogP contribution in [0.25, 0.3) is 0 Å². The number of rotatable bonds is 5. The van der Waals surface area contributed by atoms with Crippen LogP contribution in [-0.4, -0.2) is 35.5 Å². The van der Waals surface area contributed by atoms with Crippen molar-refractivity contribution < 1.29 is 14.7 Å². The lowest BCUT2D eigenvalue weighted by Crippen LogP contribution is -2.28. The summed E-state index contributed by atoms with van der Waals surface area (Å²) in [5.74, 6) is -1.14. The number of thioether (sulfide) groups is 1. The number of amides is 1. The third-order valence-electron chi connectivity index (χ3n) is 2.19. The summed E-state index contributed by atoms with van der Waals surface area (Å²) in [6.45, 7) is 0. The third-order valence-corrected chi connectivity index (χ3v) is 3.09. The fourth-order valence-corrected chi connectivity index (χ4v) is 1.90. The molecule has 1 aromatic carbocycles. The largest absolute Gasteiger partial charge is 0.481 e. The number of benzene rings is 1. The highest BCUT2D eigenvalue weighted by molar-refractivity contribution is 8.00. The van der Waals surface area contributed by atoms with Gasteiger partial charge in [0, 0.05) is 12.7 Å². The van der Waals surface area contributed by atoms with Gasteiger partial charge >= 0.3 is 5.97 Å². The Labute approximate surface area is 109 Å². The van der Waals surface area contributed by atoms with Crippen molar-refractivity contribution in [2.75, 3.05) is 23.5 Å². The van der Waals surface area contributed by atoms with Crippen molar-refractivity contribution in [2.45, 2.75) is 0 Å². The quantitative estimate of drug-likeness (QED) is 0.867. The Morgan fingerprint density at radius 1 is 1.44 bits per heavy atom. The van der Waals surface area contributed by atoms with Gasteiger partial charge < -0.3 is 10.0 Å². The highest BCUT2D eigenvalue weighted by Gasteiger charge is 2.12. The van der Waals surface area contributed by atoms with E-state index in [1.807, 2.05) is 6.07 Å². The van der Waals surface area contributed by atoms with E-state index in [9.17, 15) is 9.59 Å². The van der Waals surface area contributed by atoms with Crippen LogP contribution < -0.4 is 4.90 Å². The maximum atomic E-state index is 11.8. The SMILES string of the molecule is CN(C(=O)CSCC(=O)O)c1cccc(C#N)c1. The molecular formula is C12H12N2O3S. The number of nitriles is 1. The van der Waals surface area contributed by atoms with Gasteiger partial charge in [-0.1, -0.05) is 6.07 Å². The van der Waals surface area contributed by atoms with Gasteiger partial charge in [0.25, 0.3) is 0 Å². The second-order valence-electron chi connectivity index (χ2n) is 3.50. The summed E-state index contributed by atoms with van der Waals surface area (Å²) < 4.78 is 0. The summed E-state index contributed by atoms with van der Waals surface area (Å²) in [6, 6.07) is 8.68. The van der Waals surface area contributed by atoms with Crippen molar-refractivity contribution in [3.8, 4) is 6.07 Å². The number of carbonyl (C=O) groups is 2. The number of carboxylic acid groups (broad SMARTS) is 1. The van der Waals surface area contributed by atoms with Gasteiger partial charge in [0.15, 0.2) is 0 Å². The average molecular weight is 264 g/mol. The number of aliphatic carboxylic acids is 1. The molecule has 5 nitrogen and oxygen atoms in total. The lowest BCUT2D eigenvalue weighted by Gasteiger charge is -2.17. The second kappa shape index (κ2) is 6.67. The van der Waals surface area contributed by atoms with Gasteiger partial charge in [0.1, 0.15) is 0 Å². The molecule has 0 aliphatic rings. The maximum Gasteiger partial charge on any atom is 0.313 e. The average Bonchev–Trinajstić information content (AvgIpc) is 2.37. The highest BCUT2D eigenvalue weighted by Crippen LogP contribution is 2.15. The van der Waals surface area contributed by atoms with Crippen molar-refractivity contribution >= 4 is 29.3 Å². The predicted octanol–water partition coefficient (Wildman–Crippen LogP) is 1.34. The predicted molar refractivity (Wildman–Crippen MR) is 69.5 cm³/mol. The number of nitrogens with zero attached hydrogens (tertiary/aromatic N) is 2. The zero-order chi connectivity index (χ0) is 13.5. The van der Waals surface area contributed by atoms with Crippen molar-refractivity contribution in [2.24, 2.45) is 0 Å². The van der Waals surface area contributed by atoms with Crippen LogP contribution >= 0.6 is 11.8 Å². The van der Waals surface area contributed by atoms with Gasteiger partial charge in [-0.3, -0.25) is 9.59 Å². The molecule has 1 N–H and O–H groups in total. The zero-order valence-electron chi connectivity index (χ0n) is 9.79. The number of carboxylic acids is 1. The Bertz CT molecular complexity index is 496. The first-order chi connectivity index (χ1) is 8.54. The molecular weight excluding hydrogens is 252 g/mol. The molecule has 0 radical (unpaired) electrons. The van der Waals surface area contributed by atoms with Gasteiger partial charge in [-0.05, 0) is 18.2 Å². The number of anilines is 1. The van der Waals surface area contributed by atoms with Gasteiger partial charge in [0.05, 0.1) is 23.1 Å². The lowest BCUT2D eigenvalue weighted by atomic mass is 10.2. The van der Waals surface area contributed by atoms with Crippen LogP contribution in [0.15, 0.2) is 24.3 Å². The Hall–Kier alpha value is -2.00. The number of hydrogen-bond donors (Lipinski definition) is 1. The van der Waals surface area contributed by atoms with Gasteiger partial charge in [-0.25, -0.2) is 0 Å². The molecule has 1 aromatic rings. The topological polar surface area (TPSA) is 81.4 Å². The monoisotopic (exact) mass is 264 g/mol. The third kappa shape index (κ3) is 4.11. The lowest BCUT2D eigenvalue weighted by molar-refractivity contribution is -0.133. The molecule has 0 bridgehead atoms. The smallest absolute Gasteiger partial charge is 0.313 e. The minimum absolute atomic E-state index is 0.0968. The fraction of sp³-hybridized carbons (Fsp3) is 0.250. The molecule has 18 heavy (non-hydrogen) atoms. The minimum atomic E-state index is -0.943. The summed E-state index contributed by atoms with van der Waals surface area (Å²) >= 11 is 1.05. The van der Waals surface area contributed by atoms with Crippen molar-refractivity contribution in [3.05, 3.63) is 29.8 Å². The van der Waals surface area contributed by atoms with Crippen molar-refractivity contribution in [1.82, 2.24) is 0 Å². The van der Waals surface area contributed by atoms with Gasteiger partial charge in [0.2, 0.25) is 5.91 Å². The van der Waals surface area contributed by atoms with Crippen LogP contribution in [0.1, 0.15) is 5.56 Å². The van der Waals surface area contributed by atoms with Gasteiger partial charge in [-0.15, -0.1) is 11.8 Å². The fourth-order valence-electron chi connectivity index (χ4n) is 1.25. The zero-order valence-corrected chi connectivity index (χ0v) is 10.6. The van der Waals surface area contributed by atoms with E-state index >= 15 is 0 Å². The van der Waals surface area contributed by atoms with Crippen LogP contribution in [0.3, 0.4) is 0 Å². The van der Waals surface area contributed by atoms with Crippen LogP contribution in [0.4, 0.5) is 5.69 Å². The molecule has 0 fully saturated rings. The summed E-state index contributed by atoms with van der Waals surface area (Å²) in [5, 5.41) is 17.2. The minimum Gasteiger partial charge on any atom is -0.481 e. The summed E-state index contributed by atoms with van der Waals surface area (Å²) in [7, 11) is 1.60. The maximum absolute atomic E-state index is 11.8. The first-order valence-corrected chi connectivity index (χ1v) is 6.26. The molecule has 1 rings (SSSR count). The second-order valence-corrected chi connectivity index (χ2v) is 4.49.